The second kappa shape index (κ2) is 3.97. The van der Waals surface area contributed by atoms with Gasteiger partial charge in [0.05, 0.1) is 5.37 Å². The monoisotopic (exact) mass is 181 g/mol. The van der Waals surface area contributed by atoms with E-state index in [2.05, 4.69) is 50.0 Å². The van der Waals surface area contributed by atoms with Crippen molar-refractivity contribution in [1.29, 1.82) is 0 Å². The summed E-state index contributed by atoms with van der Waals surface area (Å²) in [5.41, 5.74) is 3.88. The SMILES string of the molecule is CNC(S)c1ccc(C)c(C)c1. The summed E-state index contributed by atoms with van der Waals surface area (Å²) in [7, 11) is 1.91. The summed E-state index contributed by atoms with van der Waals surface area (Å²) in [6.07, 6.45) is 0. The summed E-state index contributed by atoms with van der Waals surface area (Å²) < 4.78 is 0. The highest BCUT2D eigenvalue weighted by molar-refractivity contribution is 7.80. The third-order valence-corrected chi connectivity index (χ3v) is 2.68. The highest BCUT2D eigenvalue weighted by Crippen LogP contribution is 2.18. The predicted molar refractivity (Wildman–Crippen MR) is 56.7 cm³/mol. The van der Waals surface area contributed by atoms with Crippen LogP contribution in [-0.2, 0) is 0 Å². The first kappa shape index (κ1) is 9.62. The molecule has 1 atom stereocenters. The molecule has 0 saturated heterocycles. The van der Waals surface area contributed by atoms with Crippen LogP contribution in [0.1, 0.15) is 22.1 Å². The van der Waals surface area contributed by atoms with Gasteiger partial charge >= 0.3 is 0 Å². The van der Waals surface area contributed by atoms with Gasteiger partial charge < -0.3 is 5.32 Å². The van der Waals surface area contributed by atoms with Gasteiger partial charge in [0, 0.05) is 0 Å². The first-order valence-corrected chi connectivity index (χ1v) is 4.59. The van der Waals surface area contributed by atoms with Crippen molar-refractivity contribution in [2.45, 2.75) is 19.2 Å². The first-order valence-electron chi connectivity index (χ1n) is 4.07. The standard InChI is InChI=1S/C10H15NS/c1-7-4-5-9(6-8(7)2)10(12)11-3/h4-6,10-12H,1-3H3. The zero-order chi connectivity index (χ0) is 9.14. The van der Waals surface area contributed by atoms with Gasteiger partial charge in [0.25, 0.3) is 0 Å². The summed E-state index contributed by atoms with van der Waals surface area (Å²) in [6.45, 7) is 4.24. The highest BCUT2D eigenvalue weighted by Gasteiger charge is 2.03. The average Bonchev–Trinajstić information content (AvgIpc) is 2.08. The van der Waals surface area contributed by atoms with Crippen LogP contribution in [0.25, 0.3) is 0 Å². The molecule has 1 rings (SSSR count). The summed E-state index contributed by atoms with van der Waals surface area (Å²) in [6, 6.07) is 6.41. The topological polar surface area (TPSA) is 12.0 Å². The predicted octanol–water partition coefficient (Wildman–Crippen LogP) is 2.45. The van der Waals surface area contributed by atoms with Crippen LogP contribution in [0, 0.1) is 13.8 Å². The third-order valence-electron chi connectivity index (χ3n) is 2.12. The molecule has 1 unspecified atom stereocenters. The minimum absolute atomic E-state index is 0.143. The highest BCUT2D eigenvalue weighted by atomic mass is 32.1. The van der Waals surface area contributed by atoms with Gasteiger partial charge in [-0.15, -0.1) is 0 Å². The van der Waals surface area contributed by atoms with Crippen LogP contribution in [0.4, 0.5) is 0 Å². The van der Waals surface area contributed by atoms with Crippen LogP contribution in [0.2, 0.25) is 0 Å². The third kappa shape index (κ3) is 2.02. The molecule has 0 saturated carbocycles. The van der Waals surface area contributed by atoms with Crippen molar-refractivity contribution < 1.29 is 0 Å². The van der Waals surface area contributed by atoms with Gasteiger partial charge in [0.1, 0.15) is 0 Å². The number of thiol groups is 1. The minimum Gasteiger partial charge on any atom is -0.305 e. The van der Waals surface area contributed by atoms with E-state index in [1.807, 2.05) is 7.05 Å². The number of benzene rings is 1. The van der Waals surface area contributed by atoms with Crippen molar-refractivity contribution in [2.75, 3.05) is 7.05 Å². The van der Waals surface area contributed by atoms with Crippen LogP contribution >= 0.6 is 12.6 Å². The van der Waals surface area contributed by atoms with Gasteiger partial charge in [-0.05, 0) is 37.6 Å². The molecule has 0 fully saturated rings. The number of hydrogen-bond donors (Lipinski definition) is 2. The quantitative estimate of drug-likeness (QED) is 0.527. The lowest BCUT2D eigenvalue weighted by molar-refractivity contribution is 0.799. The Bertz CT molecular complexity index is 271. The molecule has 1 aromatic rings. The Balaban J connectivity index is 2.96. The van der Waals surface area contributed by atoms with Gasteiger partial charge in [-0.25, -0.2) is 0 Å². The smallest absolute Gasteiger partial charge is 0.0757 e. The van der Waals surface area contributed by atoms with Crippen molar-refractivity contribution >= 4 is 12.6 Å². The molecule has 1 aromatic carbocycles. The maximum atomic E-state index is 4.39. The Hall–Kier alpha value is -0.470. The summed E-state index contributed by atoms with van der Waals surface area (Å²) in [5, 5.41) is 3.23. The van der Waals surface area contributed by atoms with Crippen molar-refractivity contribution in [3.63, 3.8) is 0 Å². The number of aryl methyl sites for hydroxylation is 2. The van der Waals surface area contributed by atoms with Crippen LogP contribution in [0.5, 0.6) is 0 Å². The Kier molecular flexibility index (Phi) is 3.18. The fourth-order valence-electron chi connectivity index (χ4n) is 1.10. The molecule has 1 nitrogen and oxygen atoms in total. The van der Waals surface area contributed by atoms with Crippen LogP contribution in [0.3, 0.4) is 0 Å². The fourth-order valence-corrected chi connectivity index (χ4v) is 1.26. The first-order chi connectivity index (χ1) is 5.65. The Morgan fingerprint density at radius 2 is 1.92 bits per heavy atom. The molecular weight excluding hydrogens is 166 g/mol. The van der Waals surface area contributed by atoms with E-state index in [-0.39, 0.29) is 5.37 Å². The van der Waals surface area contributed by atoms with Crippen LogP contribution < -0.4 is 5.32 Å². The molecule has 2 heteroatoms. The van der Waals surface area contributed by atoms with Gasteiger partial charge in [0.2, 0.25) is 0 Å². The zero-order valence-electron chi connectivity index (χ0n) is 7.76. The summed E-state index contributed by atoms with van der Waals surface area (Å²) in [5.74, 6) is 0. The molecular formula is C10H15NS. The Morgan fingerprint density at radius 3 is 2.42 bits per heavy atom. The van der Waals surface area contributed by atoms with Crippen molar-refractivity contribution in [3.8, 4) is 0 Å². The molecule has 0 aliphatic carbocycles. The van der Waals surface area contributed by atoms with Crippen molar-refractivity contribution in [2.24, 2.45) is 0 Å². The molecule has 0 heterocycles. The van der Waals surface area contributed by atoms with E-state index in [0.29, 0.717) is 0 Å². The number of nitrogens with one attached hydrogen (secondary N) is 1. The van der Waals surface area contributed by atoms with Crippen molar-refractivity contribution in [1.82, 2.24) is 5.32 Å². The molecule has 12 heavy (non-hydrogen) atoms. The van der Waals surface area contributed by atoms with E-state index in [1.165, 1.54) is 16.7 Å². The van der Waals surface area contributed by atoms with E-state index >= 15 is 0 Å². The molecule has 0 aromatic heterocycles. The molecule has 0 bridgehead atoms. The summed E-state index contributed by atoms with van der Waals surface area (Å²) >= 11 is 4.39. The molecule has 66 valence electrons. The number of rotatable bonds is 2. The maximum Gasteiger partial charge on any atom is 0.0757 e. The largest absolute Gasteiger partial charge is 0.305 e. The van der Waals surface area contributed by atoms with E-state index in [9.17, 15) is 0 Å². The Labute approximate surface area is 79.6 Å². The maximum absolute atomic E-state index is 4.39. The number of hydrogen-bond acceptors (Lipinski definition) is 2. The van der Waals surface area contributed by atoms with Gasteiger partial charge in [0.15, 0.2) is 0 Å². The molecule has 1 N–H and O–H groups in total. The average molecular weight is 181 g/mol. The second-order valence-electron chi connectivity index (χ2n) is 3.03. The van der Waals surface area contributed by atoms with Crippen LogP contribution in [-0.4, -0.2) is 7.05 Å². The lowest BCUT2D eigenvalue weighted by atomic mass is 10.1. The Morgan fingerprint density at radius 1 is 1.25 bits per heavy atom. The zero-order valence-corrected chi connectivity index (χ0v) is 8.65. The molecule has 0 aliphatic heterocycles. The van der Waals surface area contributed by atoms with E-state index in [0.717, 1.165) is 0 Å². The minimum atomic E-state index is 0.143. The lowest BCUT2D eigenvalue weighted by Gasteiger charge is -2.11. The van der Waals surface area contributed by atoms with Crippen LogP contribution in [0.15, 0.2) is 18.2 Å². The molecule has 0 spiro atoms. The molecule has 0 amide bonds. The van der Waals surface area contributed by atoms with Crippen molar-refractivity contribution in [3.05, 3.63) is 34.9 Å². The van der Waals surface area contributed by atoms with Gasteiger partial charge in [-0.3, -0.25) is 0 Å². The fraction of sp³-hybridized carbons (Fsp3) is 0.400. The molecule has 0 radical (unpaired) electrons. The summed E-state index contributed by atoms with van der Waals surface area (Å²) in [4.78, 5) is 0. The van der Waals surface area contributed by atoms with E-state index < -0.39 is 0 Å². The van der Waals surface area contributed by atoms with Gasteiger partial charge in [-0.1, -0.05) is 18.2 Å². The van der Waals surface area contributed by atoms with Gasteiger partial charge in [-0.2, -0.15) is 12.6 Å². The molecule has 0 aliphatic rings. The normalized spacial score (nSPS) is 13.0. The second-order valence-corrected chi connectivity index (χ2v) is 3.55. The lowest BCUT2D eigenvalue weighted by Crippen LogP contribution is -2.10. The van der Waals surface area contributed by atoms with E-state index in [1.54, 1.807) is 0 Å². The van der Waals surface area contributed by atoms with E-state index in [4.69, 9.17) is 0 Å².